The number of hydrogen-bond donors (Lipinski definition) is 2. The van der Waals surface area contributed by atoms with E-state index in [-0.39, 0.29) is 18.3 Å². The second-order valence-electron chi connectivity index (χ2n) is 5.57. The topological polar surface area (TPSA) is 62.8 Å². The minimum atomic E-state index is -0.0570. The van der Waals surface area contributed by atoms with Crippen LogP contribution in [0.3, 0.4) is 0 Å². The number of rotatable bonds is 6. The van der Waals surface area contributed by atoms with Gasteiger partial charge in [-0.05, 0) is 6.92 Å². The number of nitrogens with zero attached hydrogens (tertiary/aromatic N) is 1. The van der Waals surface area contributed by atoms with Gasteiger partial charge < -0.3 is 20.1 Å². The van der Waals surface area contributed by atoms with Crippen molar-refractivity contribution in [2.75, 3.05) is 45.7 Å². The van der Waals surface area contributed by atoms with Gasteiger partial charge in [0.05, 0.1) is 24.9 Å². The molecule has 0 aliphatic carbocycles. The summed E-state index contributed by atoms with van der Waals surface area (Å²) in [5.41, 5.74) is 0.562. The number of nitrogens with one attached hydrogen (secondary N) is 2. The number of amides is 1. The van der Waals surface area contributed by atoms with Crippen LogP contribution in [0.5, 0.6) is 11.5 Å². The zero-order valence-electron chi connectivity index (χ0n) is 14.2. The van der Waals surface area contributed by atoms with Crippen LogP contribution in [0.15, 0.2) is 12.1 Å². The SMILES string of the molecule is COc1cc(NC(=O)CCN2CCNC[C@H]2C)c(OC)cc1Cl.Cl. The van der Waals surface area contributed by atoms with E-state index in [1.165, 1.54) is 14.2 Å². The summed E-state index contributed by atoms with van der Waals surface area (Å²) in [6, 6.07) is 3.75. The van der Waals surface area contributed by atoms with E-state index in [9.17, 15) is 4.79 Å². The number of hydrogen-bond acceptors (Lipinski definition) is 5. The van der Waals surface area contributed by atoms with Gasteiger partial charge in [-0.1, -0.05) is 11.6 Å². The van der Waals surface area contributed by atoms with E-state index in [2.05, 4.69) is 22.5 Å². The average molecular weight is 378 g/mol. The van der Waals surface area contributed by atoms with Gasteiger partial charge in [0.2, 0.25) is 5.91 Å². The first kappa shape index (κ1) is 20.8. The molecule has 24 heavy (non-hydrogen) atoms. The van der Waals surface area contributed by atoms with Gasteiger partial charge in [-0.3, -0.25) is 9.69 Å². The molecule has 6 nitrogen and oxygen atoms in total. The molecule has 8 heteroatoms. The average Bonchev–Trinajstić information content (AvgIpc) is 2.55. The third kappa shape index (κ3) is 5.41. The second-order valence-corrected chi connectivity index (χ2v) is 5.98. The molecule has 0 saturated carbocycles. The third-order valence-corrected chi connectivity index (χ3v) is 4.31. The number of piperazine rings is 1. The third-order valence-electron chi connectivity index (χ3n) is 4.01. The Kier molecular flexibility index (Phi) is 8.62. The van der Waals surface area contributed by atoms with E-state index in [1.807, 2.05) is 0 Å². The lowest BCUT2D eigenvalue weighted by Gasteiger charge is -2.33. The first-order valence-electron chi connectivity index (χ1n) is 7.71. The molecule has 1 aromatic carbocycles. The van der Waals surface area contributed by atoms with Crippen molar-refractivity contribution in [3.8, 4) is 11.5 Å². The Labute approximate surface area is 154 Å². The number of methoxy groups -OCH3 is 2. The van der Waals surface area contributed by atoms with Crippen molar-refractivity contribution in [2.45, 2.75) is 19.4 Å². The molecule has 2 rings (SSSR count). The Balaban J connectivity index is 0.00000288. The van der Waals surface area contributed by atoms with Crippen molar-refractivity contribution in [2.24, 2.45) is 0 Å². The van der Waals surface area contributed by atoms with Crippen molar-refractivity contribution in [1.82, 2.24) is 10.2 Å². The largest absolute Gasteiger partial charge is 0.495 e. The van der Waals surface area contributed by atoms with Crippen LogP contribution in [0, 0.1) is 0 Å². The summed E-state index contributed by atoms with van der Waals surface area (Å²) in [5.74, 6) is 0.955. The lowest BCUT2D eigenvalue weighted by atomic mass is 10.2. The maximum Gasteiger partial charge on any atom is 0.225 e. The molecule has 0 bridgehead atoms. The fraction of sp³-hybridized carbons (Fsp3) is 0.562. The molecule has 1 atom stereocenters. The van der Waals surface area contributed by atoms with Gasteiger partial charge in [0.25, 0.3) is 0 Å². The van der Waals surface area contributed by atoms with Gasteiger partial charge in [0, 0.05) is 50.8 Å². The van der Waals surface area contributed by atoms with E-state index in [0.717, 1.165) is 26.2 Å². The Morgan fingerprint density at radius 1 is 1.38 bits per heavy atom. The van der Waals surface area contributed by atoms with Crippen molar-refractivity contribution >= 4 is 35.6 Å². The number of anilines is 1. The van der Waals surface area contributed by atoms with Gasteiger partial charge in [-0.15, -0.1) is 12.4 Å². The number of carbonyl (C=O) groups is 1. The summed E-state index contributed by atoms with van der Waals surface area (Å²) in [7, 11) is 3.07. The number of carbonyl (C=O) groups excluding carboxylic acids is 1. The van der Waals surface area contributed by atoms with E-state index < -0.39 is 0 Å². The summed E-state index contributed by atoms with van der Waals surface area (Å²) in [4.78, 5) is 14.5. The van der Waals surface area contributed by atoms with Crippen LogP contribution in [0.25, 0.3) is 0 Å². The molecule has 0 aromatic heterocycles. The Morgan fingerprint density at radius 3 is 2.71 bits per heavy atom. The lowest BCUT2D eigenvalue weighted by Crippen LogP contribution is -2.50. The summed E-state index contributed by atoms with van der Waals surface area (Å²) in [6.07, 6.45) is 0.429. The van der Waals surface area contributed by atoms with E-state index in [1.54, 1.807) is 12.1 Å². The molecule has 1 fully saturated rings. The van der Waals surface area contributed by atoms with Crippen LogP contribution in [0.2, 0.25) is 5.02 Å². The van der Waals surface area contributed by atoms with E-state index in [0.29, 0.717) is 34.7 Å². The monoisotopic (exact) mass is 377 g/mol. The molecule has 1 amide bonds. The Bertz CT molecular complexity index is 558. The standard InChI is InChI=1S/C16H24ClN3O3.ClH/c1-11-10-18-5-7-20(11)6-4-16(21)19-13-9-14(22-2)12(17)8-15(13)23-3;/h8-9,11,18H,4-7,10H2,1-3H3,(H,19,21);1H/t11-;/m1./s1. The fourth-order valence-corrected chi connectivity index (χ4v) is 2.86. The van der Waals surface area contributed by atoms with Crippen molar-refractivity contribution in [3.63, 3.8) is 0 Å². The molecular weight excluding hydrogens is 353 g/mol. The van der Waals surface area contributed by atoms with Crippen molar-refractivity contribution in [3.05, 3.63) is 17.2 Å². The first-order chi connectivity index (χ1) is 11.0. The smallest absolute Gasteiger partial charge is 0.225 e. The van der Waals surface area contributed by atoms with Gasteiger partial charge in [0.15, 0.2) is 0 Å². The zero-order valence-corrected chi connectivity index (χ0v) is 15.8. The van der Waals surface area contributed by atoms with Gasteiger partial charge in [0.1, 0.15) is 11.5 Å². The lowest BCUT2D eigenvalue weighted by molar-refractivity contribution is -0.116. The van der Waals surface area contributed by atoms with E-state index >= 15 is 0 Å². The number of ether oxygens (including phenoxy) is 2. The summed E-state index contributed by atoms with van der Waals surface area (Å²) < 4.78 is 10.4. The Morgan fingerprint density at radius 2 is 2.08 bits per heavy atom. The molecule has 2 N–H and O–H groups in total. The highest BCUT2D eigenvalue weighted by Crippen LogP contribution is 2.35. The summed E-state index contributed by atoms with van der Waals surface area (Å²) >= 11 is 6.07. The zero-order chi connectivity index (χ0) is 16.8. The highest BCUT2D eigenvalue weighted by atomic mass is 35.5. The molecular formula is C16H25Cl2N3O3. The maximum absolute atomic E-state index is 12.2. The molecule has 1 aromatic rings. The normalized spacial score (nSPS) is 17.8. The van der Waals surface area contributed by atoms with Crippen LogP contribution < -0.4 is 20.1 Å². The Hall–Kier alpha value is -1.21. The van der Waals surface area contributed by atoms with E-state index in [4.69, 9.17) is 21.1 Å². The maximum atomic E-state index is 12.2. The summed E-state index contributed by atoms with van der Waals surface area (Å²) in [6.45, 7) is 5.80. The second kappa shape index (κ2) is 9.93. The van der Waals surface area contributed by atoms with Gasteiger partial charge in [-0.25, -0.2) is 0 Å². The highest BCUT2D eigenvalue weighted by Gasteiger charge is 2.19. The minimum Gasteiger partial charge on any atom is -0.495 e. The fourth-order valence-electron chi connectivity index (χ4n) is 2.63. The quantitative estimate of drug-likeness (QED) is 0.796. The van der Waals surface area contributed by atoms with Crippen molar-refractivity contribution in [1.29, 1.82) is 0 Å². The predicted octanol–water partition coefficient (Wildman–Crippen LogP) is 2.40. The molecule has 1 aliphatic rings. The molecule has 0 unspecified atom stereocenters. The molecule has 1 saturated heterocycles. The molecule has 136 valence electrons. The van der Waals surface area contributed by atoms with Gasteiger partial charge >= 0.3 is 0 Å². The van der Waals surface area contributed by atoms with Crippen molar-refractivity contribution < 1.29 is 14.3 Å². The van der Waals surface area contributed by atoms with Crippen LogP contribution in [-0.2, 0) is 4.79 Å². The number of benzene rings is 1. The molecule has 1 heterocycles. The minimum absolute atomic E-state index is 0. The highest BCUT2D eigenvalue weighted by molar-refractivity contribution is 6.32. The number of halogens is 2. The predicted molar refractivity (Wildman–Crippen MR) is 99.0 cm³/mol. The van der Waals surface area contributed by atoms with Crippen LogP contribution >= 0.6 is 24.0 Å². The van der Waals surface area contributed by atoms with Crippen LogP contribution in [0.4, 0.5) is 5.69 Å². The molecule has 0 spiro atoms. The van der Waals surface area contributed by atoms with Crippen LogP contribution in [0.1, 0.15) is 13.3 Å². The van der Waals surface area contributed by atoms with Gasteiger partial charge in [-0.2, -0.15) is 0 Å². The molecule has 0 radical (unpaired) electrons. The molecule has 1 aliphatic heterocycles. The summed E-state index contributed by atoms with van der Waals surface area (Å²) in [5, 5.41) is 6.65. The van der Waals surface area contributed by atoms with Crippen LogP contribution in [-0.4, -0.2) is 57.2 Å². The first-order valence-corrected chi connectivity index (χ1v) is 8.09.